The number of H-pyrrole nitrogens is 1. The summed E-state index contributed by atoms with van der Waals surface area (Å²) in [5, 5.41) is 11.5. The number of nitrogens with one attached hydrogen (secondary N) is 2. The second-order valence-corrected chi connectivity index (χ2v) is 3.86. The summed E-state index contributed by atoms with van der Waals surface area (Å²) in [5.74, 6) is 0. The second-order valence-electron chi connectivity index (χ2n) is 3.86. The van der Waals surface area contributed by atoms with E-state index >= 15 is 0 Å². The minimum atomic E-state index is 0. The van der Waals surface area contributed by atoms with Crippen molar-refractivity contribution in [3.63, 3.8) is 0 Å². The number of aromatic amines is 1. The maximum Gasteiger partial charge on any atom is 0.0650 e. The van der Waals surface area contributed by atoms with Gasteiger partial charge in [0.25, 0.3) is 0 Å². The van der Waals surface area contributed by atoms with E-state index < -0.39 is 0 Å². The van der Waals surface area contributed by atoms with Crippen molar-refractivity contribution in [2.45, 2.75) is 6.42 Å². The smallest absolute Gasteiger partial charge is 0.0650 e. The predicted octanol–water partition coefficient (Wildman–Crippen LogP) is 2.78. The van der Waals surface area contributed by atoms with Gasteiger partial charge in [0.1, 0.15) is 0 Å². The van der Waals surface area contributed by atoms with Crippen molar-refractivity contribution >= 4 is 41.3 Å². The Morgan fingerprint density at radius 3 is 2.82 bits per heavy atom. The maximum absolute atomic E-state index is 4.03. The third kappa shape index (κ3) is 2.80. The summed E-state index contributed by atoms with van der Waals surface area (Å²) in [6.07, 6.45) is 5.26. The summed E-state index contributed by atoms with van der Waals surface area (Å²) in [4.78, 5) is 0. The van der Waals surface area contributed by atoms with Gasteiger partial charge in [0.15, 0.2) is 0 Å². The minimum absolute atomic E-state index is 0. The lowest BCUT2D eigenvalue weighted by molar-refractivity contribution is 0.739. The van der Waals surface area contributed by atoms with E-state index in [-0.39, 0.29) is 24.8 Å². The van der Waals surface area contributed by atoms with Crippen molar-refractivity contribution in [1.82, 2.24) is 15.5 Å². The number of halogens is 2. The van der Waals surface area contributed by atoms with E-state index in [1.807, 2.05) is 6.20 Å². The second kappa shape index (κ2) is 6.05. The maximum atomic E-state index is 4.03. The number of benzene rings is 1. The molecule has 0 saturated heterocycles. The van der Waals surface area contributed by atoms with Crippen LogP contribution in [0, 0.1) is 0 Å². The van der Waals surface area contributed by atoms with Gasteiger partial charge in [0.05, 0.1) is 11.7 Å². The number of hydrogen-bond acceptors (Lipinski definition) is 2. The van der Waals surface area contributed by atoms with Gasteiger partial charge in [0, 0.05) is 11.9 Å². The van der Waals surface area contributed by atoms with Crippen LogP contribution in [0.1, 0.15) is 12.0 Å². The Kier molecular flexibility index (Phi) is 5.00. The molecule has 0 spiro atoms. The molecule has 2 aromatic rings. The molecule has 2 heterocycles. The van der Waals surface area contributed by atoms with Crippen LogP contribution in [-0.2, 0) is 0 Å². The molecule has 1 aliphatic heterocycles. The summed E-state index contributed by atoms with van der Waals surface area (Å²) >= 11 is 0. The summed E-state index contributed by atoms with van der Waals surface area (Å²) in [6, 6.07) is 6.47. The highest BCUT2D eigenvalue weighted by atomic mass is 35.5. The summed E-state index contributed by atoms with van der Waals surface area (Å²) < 4.78 is 0. The Bertz CT molecular complexity index is 519. The molecule has 0 aliphatic carbocycles. The van der Waals surface area contributed by atoms with Gasteiger partial charge in [-0.3, -0.25) is 5.10 Å². The van der Waals surface area contributed by atoms with Gasteiger partial charge in [-0.25, -0.2) is 0 Å². The minimum Gasteiger partial charge on any atom is -0.313 e. The largest absolute Gasteiger partial charge is 0.313 e. The fourth-order valence-electron chi connectivity index (χ4n) is 2.03. The zero-order chi connectivity index (χ0) is 10.1. The molecule has 1 aromatic heterocycles. The number of nitrogens with zero attached hydrogens (tertiary/aromatic N) is 1. The van der Waals surface area contributed by atoms with Gasteiger partial charge in [-0.05, 0) is 36.2 Å². The molecule has 3 rings (SSSR count). The molecular formula is C12H15Cl2N3. The normalized spacial score (nSPS) is 14.7. The van der Waals surface area contributed by atoms with Gasteiger partial charge in [0.2, 0.25) is 0 Å². The molecule has 0 atom stereocenters. The average molecular weight is 272 g/mol. The average Bonchev–Trinajstić information content (AvgIpc) is 2.77. The standard InChI is InChI=1S/C12H13N3.2ClH/c1-2-12-11(8-14-15-12)7-10(1)9-3-5-13-6-4-9;;/h1-3,7-8,13H,4-6H2,(H,14,15);2*1H. The van der Waals surface area contributed by atoms with Crippen LogP contribution in [0.4, 0.5) is 0 Å². The molecule has 0 radical (unpaired) electrons. The van der Waals surface area contributed by atoms with E-state index in [2.05, 4.69) is 39.8 Å². The van der Waals surface area contributed by atoms with E-state index in [1.54, 1.807) is 0 Å². The van der Waals surface area contributed by atoms with Crippen molar-refractivity contribution in [3.8, 4) is 0 Å². The van der Waals surface area contributed by atoms with Gasteiger partial charge in [-0.15, -0.1) is 24.8 Å². The van der Waals surface area contributed by atoms with Crippen LogP contribution >= 0.6 is 24.8 Å². The summed E-state index contributed by atoms with van der Waals surface area (Å²) in [6.45, 7) is 2.06. The first-order valence-corrected chi connectivity index (χ1v) is 5.27. The highest BCUT2D eigenvalue weighted by molar-refractivity contribution is 5.85. The van der Waals surface area contributed by atoms with Crippen molar-refractivity contribution < 1.29 is 0 Å². The highest BCUT2D eigenvalue weighted by Gasteiger charge is 2.06. The molecule has 3 nitrogen and oxygen atoms in total. The molecule has 17 heavy (non-hydrogen) atoms. The first-order chi connectivity index (χ1) is 7.43. The fraction of sp³-hybridized carbons (Fsp3) is 0.250. The van der Waals surface area contributed by atoms with Crippen LogP contribution < -0.4 is 5.32 Å². The van der Waals surface area contributed by atoms with E-state index in [4.69, 9.17) is 0 Å². The summed E-state index contributed by atoms with van der Waals surface area (Å²) in [5.41, 5.74) is 3.87. The zero-order valence-corrected chi connectivity index (χ0v) is 10.9. The highest BCUT2D eigenvalue weighted by Crippen LogP contribution is 2.22. The lowest BCUT2D eigenvalue weighted by Crippen LogP contribution is -2.19. The van der Waals surface area contributed by atoms with Crippen LogP contribution in [0.2, 0.25) is 0 Å². The molecule has 92 valence electrons. The van der Waals surface area contributed by atoms with E-state index in [1.165, 1.54) is 16.5 Å². The molecule has 0 unspecified atom stereocenters. The molecule has 0 fully saturated rings. The fourth-order valence-corrected chi connectivity index (χ4v) is 2.03. The van der Waals surface area contributed by atoms with Crippen LogP contribution in [0.3, 0.4) is 0 Å². The number of rotatable bonds is 1. The molecule has 0 amide bonds. The Morgan fingerprint density at radius 2 is 2.06 bits per heavy atom. The van der Waals surface area contributed by atoms with Crippen molar-refractivity contribution in [3.05, 3.63) is 36.0 Å². The lowest BCUT2D eigenvalue weighted by atomic mass is 9.99. The number of fused-ring (bicyclic) bond motifs is 1. The third-order valence-electron chi connectivity index (χ3n) is 2.87. The molecule has 1 aromatic carbocycles. The van der Waals surface area contributed by atoms with Crippen LogP contribution in [0.5, 0.6) is 0 Å². The van der Waals surface area contributed by atoms with Gasteiger partial charge < -0.3 is 5.32 Å². The van der Waals surface area contributed by atoms with Crippen molar-refractivity contribution in [2.75, 3.05) is 13.1 Å². The molecule has 2 N–H and O–H groups in total. The Hall–Kier alpha value is -1.03. The third-order valence-corrected chi connectivity index (χ3v) is 2.87. The quantitative estimate of drug-likeness (QED) is 0.838. The number of hydrogen-bond donors (Lipinski definition) is 2. The lowest BCUT2D eigenvalue weighted by Gasteiger charge is -2.14. The number of aromatic nitrogens is 2. The van der Waals surface area contributed by atoms with Gasteiger partial charge >= 0.3 is 0 Å². The first-order valence-electron chi connectivity index (χ1n) is 5.27. The monoisotopic (exact) mass is 271 g/mol. The molecule has 5 heteroatoms. The molecule has 1 aliphatic rings. The molecule has 0 bridgehead atoms. The van der Waals surface area contributed by atoms with Crippen molar-refractivity contribution in [2.24, 2.45) is 0 Å². The predicted molar refractivity (Wildman–Crippen MR) is 76.1 cm³/mol. The van der Waals surface area contributed by atoms with Crippen LogP contribution in [0.25, 0.3) is 16.5 Å². The summed E-state index contributed by atoms with van der Waals surface area (Å²) in [7, 11) is 0. The Labute approximate surface area is 112 Å². The van der Waals surface area contributed by atoms with Gasteiger partial charge in [-0.1, -0.05) is 12.1 Å². The van der Waals surface area contributed by atoms with Crippen LogP contribution in [-0.4, -0.2) is 23.3 Å². The van der Waals surface area contributed by atoms with Crippen LogP contribution in [0.15, 0.2) is 30.5 Å². The first kappa shape index (κ1) is 14.0. The van der Waals surface area contributed by atoms with E-state index in [9.17, 15) is 0 Å². The molecule has 0 saturated carbocycles. The Morgan fingerprint density at radius 1 is 1.18 bits per heavy atom. The Balaban J connectivity index is 0.000000722. The van der Waals surface area contributed by atoms with E-state index in [0.717, 1.165) is 25.0 Å². The molecular weight excluding hydrogens is 257 g/mol. The zero-order valence-electron chi connectivity index (χ0n) is 9.27. The van der Waals surface area contributed by atoms with Gasteiger partial charge in [-0.2, -0.15) is 5.10 Å². The SMILES string of the molecule is C1=C(c2ccc3[nH]ncc3c2)CCNC1.Cl.Cl. The van der Waals surface area contributed by atoms with E-state index in [0.29, 0.717) is 0 Å². The van der Waals surface area contributed by atoms with Crippen molar-refractivity contribution in [1.29, 1.82) is 0 Å². The topological polar surface area (TPSA) is 40.7 Å².